The summed E-state index contributed by atoms with van der Waals surface area (Å²) in [5.41, 5.74) is 0. The zero-order valence-corrected chi connectivity index (χ0v) is 10.8. The molecule has 0 aliphatic rings. The lowest BCUT2D eigenvalue weighted by atomic mass is 10.1. The number of amides is 1. The maximum absolute atomic E-state index is 11.3. The number of rotatable bonds is 8. The lowest BCUT2D eigenvalue weighted by Gasteiger charge is -2.06. The number of hydrogen-bond donors (Lipinski definition) is 1. The number of nitrogens with one attached hydrogen (secondary N) is 1. The van der Waals surface area contributed by atoms with Crippen molar-refractivity contribution in [1.29, 1.82) is 0 Å². The van der Waals surface area contributed by atoms with Crippen LogP contribution in [0.5, 0.6) is 0 Å². The fraction of sp³-hybridized carbons (Fsp3) is 0.643. The molecule has 0 fully saturated rings. The minimum Gasteiger partial charge on any atom is -0.356 e. The molecule has 0 radical (unpaired) electrons. The molecule has 0 aliphatic carbocycles. The van der Waals surface area contributed by atoms with E-state index in [-0.39, 0.29) is 5.91 Å². The summed E-state index contributed by atoms with van der Waals surface area (Å²) >= 11 is 0. The van der Waals surface area contributed by atoms with Crippen LogP contribution in [0.1, 0.15) is 46.5 Å². The number of unbranched alkanes of at least 4 members (excludes halogenated alkanes) is 2. The average Bonchev–Trinajstić information content (AvgIpc) is 2.25. The van der Waals surface area contributed by atoms with Gasteiger partial charge in [0.2, 0.25) is 5.91 Å². The molecular formula is C14H25NO. The second-order valence-electron chi connectivity index (χ2n) is 4.40. The number of carbonyl (C=O) groups is 1. The van der Waals surface area contributed by atoms with Crippen molar-refractivity contribution >= 4 is 5.91 Å². The summed E-state index contributed by atoms with van der Waals surface area (Å²) in [7, 11) is 0. The van der Waals surface area contributed by atoms with Crippen molar-refractivity contribution in [2.45, 2.75) is 46.5 Å². The number of allylic oxidation sites excluding steroid dienone is 4. The monoisotopic (exact) mass is 223 g/mol. The van der Waals surface area contributed by atoms with Crippen molar-refractivity contribution in [2.24, 2.45) is 5.92 Å². The summed E-state index contributed by atoms with van der Waals surface area (Å²) < 4.78 is 0. The van der Waals surface area contributed by atoms with Gasteiger partial charge in [0.05, 0.1) is 0 Å². The summed E-state index contributed by atoms with van der Waals surface area (Å²) in [6, 6.07) is 0. The van der Waals surface area contributed by atoms with E-state index in [2.05, 4.69) is 31.3 Å². The van der Waals surface area contributed by atoms with Gasteiger partial charge in [-0.15, -0.1) is 0 Å². The van der Waals surface area contributed by atoms with Crippen molar-refractivity contribution in [3.05, 3.63) is 24.3 Å². The smallest absolute Gasteiger partial charge is 0.220 e. The van der Waals surface area contributed by atoms with Gasteiger partial charge in [0, 0.05) is 13.0 Å². The van der Waals surface area contributed by atoms with Gasteiger partial charge in [0.15, 0.2) is 0 Å². The number of hydrogen-bond acceptors (Lipinski definition) is 1. The van der Waals surface area contributed by atoms with E-state index in [9.17, 15) is 4.79 Å². The zero-order valence-electron chi connectivity index (χ0n) is 10.8. The summed E-state index contributed by atoms with van der Waals surface area (Å²) in [4.78, 5) is 11.3. The lowest BCUT2D eigenvalue weighted by molar-refractivity contribution is -0.121. The molecule has 0 aromatic heterocycles. The average molecular weight is 223 g/mol. The first kappa shape index (κ1) is 14.9. The van der Waals surface area contributed by atoms with E-state index >= 15 is 0 Å². The normalized spacial score (nSPS) is 11.8. The first-order valence-corrected chi connectivity index (χ1v) is 6.21. The highest BCUT2D eigenvalue weighted by atomic mass is 16.1. The Morgan fingerprint density at radius 1 is 1.25 bits per heavy atom. The summed E-state index contributed by atoms with van der Waals surface area (Å²) in [5.74, 6) is 0.721. The molecule has 0 spiro atoms. The molecule has 0 unspecified atom stereocenters. The van der Waals surface area contributed by atoms with Crippen LogP contribution in [0.15, 0.2) is 24.3 Å². The molecule has 0 saturated heterocycles. The van der Waals surface area contributed by atoms with E-state index in [0.717, 1.165) is 25.8 Å². The SMILES string of the molecule is C/C=C/C=C\CCCCC(=O)NCC(C)C. The molecule has 92 valence electrons. The third-order valence-corrected chi connectivity index (χ3v) is 2.17. The van der Waals surface area contributed by atoms with Crippen molar-refractivity contribution < 1.29 is 4.79 Å². The van der Waals surface area contributed by atoms with Crippen LogP contribution in [0.3, 0.4) is 0 Å². The van der Waals surface area contributed by atoms with Gasteiger partial charge in [0.25, 0.3) is 0 Å². The van der Waals surface area contributed by atoms with Crippen LogP contribution in [0.4, 0.5) is 0 Å². The van der Waals surface area contributed by atoms with Crippen LogP contribution in [0.2, 0.25) is 0 Å². The minimum atomic E-state index is 0.186. The highest BCUT2D eigenvalue weighted by molar-refractivity contribution is 5.75. The standard InChI is InChI=1S/C14H25NO/c1-4-5-6-7-8-9-10-11-14(16)15-12-13(2)3/h4-7,13H,8-12H2,1-3H3,(H,15,16)/b5-4+,7-6-. The van der Waals surface area contributed by atoms with Gasteiger partial charge in [0.1, 0.15) is 0 Å². The highest BCUT2D eigenvalue weighted by Gasteiger charge is 2.00. The molecule has 0 saturated carbocycles. The fourth-order valence-corrected chi connectivity index (χ4v) is 1.24. The third-order valence-electron chi connectivity index (χ3n) is 2.17. The Kier molecular flexibility index (Phi) is 9.78. The van der Waals surface area contributed by atoms with E-state index in [0.29, 0.717) is 12.3 Å². The first-order valence-electron chi connectivity index (χ1n) is 6.21. The maximum Gasteiger partial charge on any atom is 0.220 e. The second-order valence-corrected chi connectivity index (χ2v) is 4.40. The summed E-state index contributed by atoms with van der Waals surface area (Å²) in [6.45, 7) is 7.00. The molecule has 1 N–H and O–H groups in total. The Balaban J connectivity index is 3.34. The molecule has 0 aromatic carbocycles. The second kappa shape index (κ2) is 10.5. The van der Waals surface area contributed by atoms with Crippen molar-refractivity contribution in [3.63, 3.8) is 0 Å². The molecule has 0 heterocycles. The van der Waals surface area contributed by atoms with E-state index in [1.165, 1.54) is 0 Å². The van der Waals surface area contributed by atoms with Crippen LogP contribution in [0, 0.1) is 5.92 Å². The van der Waals surface area contributed by atoms with E-state index in [4.69, 9.17) is 0 Å². The number of carbonyl (C=O) groups excluding carboxylic acids is 1. The van der Waals surface area contributed by atoms with Crippen LogP contribution in [-0.2, 0) is 4.79 Å². The predicted octanol–water partition coefficient (Wildman–Crippen LogP) is 3.45. The minimum absolute atomic E-state index is 0.186. The molecular weight excluding hydrogens is 198 g/mol. The topological polar surface area (TPSA) is 29.1 Å². The first-order chi connectivity index (χ1) is 7.66. The van der Waals surface area contributed by atoms with Gasteiger partial charge in [-0.05, 0) is 32.1 Å². The van der Waals surface area contributed by atoms with Crippen LogP contribution >= 0.6 is 0 Å². The largest absolute Gasteiger partial charge is 0.356 e. The summed E-state index contributed by atoms with van der Waals surface area (Å²) in [5, 5.41) is 2.93. The zero-order chi connectivity index (χ0) is 12.2. The highest BCUT2D eigenvalue weighted by Crippen LogP contribution is 2.01. The maximum atomic E-state index is 11.3. The third kappa shape index (κ3) is 11.0. The Morgan fingerprint density at radius 3 is 2.62 bits per heavy atom. The van der Waals surface area contributed by atoms with Gasteiger partial charge < -0.3 is 5.32 Å². The van der Waals surface area contributed by atoms with Crippen molar-refractivity contribution in [2.75, 3.05) is 6.54 Å². The van der Waals surface area contributed by atoms with Crippen LogP contribution < -0.4 is 5.32 Å². The molecule has 0 aliphatic heterocycles. The van der Waals surface area contributed by atoms with E-state index in [1.807, 2.05) is 19.1 Å². The molecule has 2 heteroatoms. The van der Waals surface area contributed by atoms with Gasteiger partial charge in [-0.2, -0.15) is 0 Å². The Labute approximate surface area is 99.8 Å². The molecule has 0 atom stereocenters. The Morgan fingerprint density at radius 2 is 2.00 bits per heavy atom. The predicted molar refractivity (Wildman–Crippen MR) is 70.3 cm³/mol. The van der Waals surface area contributed by atoms with E-state index in [1.54, 1.807) is 0 Å². The van der Waals surface area contributed by atoms with Crippen molar-refractivity contribution in [3.8, 4) is 0 Å². The van der Waals surface area contributed by atoms with Gasteiger partial charge >= 0.3 is 0 Å². The lowest BCUT2D eigenvalue weighted by Crippen LogP contribution is -2.26. The molecule has 16 heavy (non-hydrogen) atoms. The molecule has 2 nitrogen and oxygen atoms in total. The Hall–Kier alpha value is -1.05. The quantitative estimate of drug-likeness (QED) is 0.495. The van der Waals surface area contributed by atoms with Crippen LogP contribution in [0.25, 0.3) is 0 Å². The fourth-order valence-electron chi connectivity index (χ4n) is 1.24. The molecule has 0 rings (SSSR count). The summed E-state index contributed by atoms with van der Waals surface area (Å²) in [6.07, 6.45) is 12.0. The van der Waals surface area contributed by atoms with Crippen molar-refractivity contribution in [1.82, 2.24) is 5.32 Å². The molecule has 1 amide bonds. The van der Waals surface area contributed by atoms with Gasteiger partial charge in [-0.1, -0.05) is 38.2 Å². The molecule has 0 aromatic rings. The Bertz CT molecular complexity index is 229. The van der Waals surface area contributed by atoms with Gasteiger partial charge in [-0.3, -0.25) is 4.79 Å². The molecule has 0 bridgehead atoms. The van der Waals surface area contributed by atoms with Crippen LogP contribution in [-0.4, -0.2) is 12.5 Å². The van der Waals surface area contributed by atoms with Gasteiger partial charge in [-0.25, -0.2) is 0 Å². The van der Waals surface area contributed by atoms with E-state index < -0.39 is 0 Å².